The number of rotatable bonds is 4. The van der Waals surface area contributed by atoms with Crippen LogP contribution in [0.3, 0.4) is 0 Å². The fraction of sp³-hybridized carbons (Fsp3) is 0.846. The summed E-state index contributed by atoms with van der Waals surface area (Å²) in [6.45, 7) is 3.86. The Hall–Kier alpha value is -0.750. The van der Waals surface area contributed by atoms with Crippen LogP contribution in [0.25, 0.3) is 0 Å². The third-order valence-corrected chi connectivity index (χ3v) is 5.52. The molecule has 2 amide bonds. The average Bonchev–Trinajstić information content (AvgIpc) is 2.84. The largest absolute Gasteiger partial charge is 0.368 e. The predicted molar refractivity (Wildman–Crippen MR) is 76.9 cm³/mol. The van der Waals surface area contributed by atoms with E-state index in [0.29, 0.717) is 0 Å². The van der Waals surface area contributed by atoms with Crippen LogP contribution in [0.1, 0.15) is 32.6 Å². The molecule has 0 radical (unpaired) electrons. The Morgan fingerprint density at radius 1 is 1.42 bits per heavy atom. The van der Waals surface area contributed by atoms with Crippen molar-refractivity contribution >= 4 is 23.6 Å². The first kappa shape index (κ1) is 14.7. The normalized spacial score (nSPS) is 28.3. The van der Waals surface area contributed by atoms with Gasteiger partial charge in [0.15, 0.2) is 0 Å². The van der Waals surface area contributed by atoms with E-state index in [1.807, 2.05) is 6.92 Å². The molecule has 0 aromatic heterocycles. The second kappa shape index (κ2) is 6.13. The maximum Gasteiger partial charge on any atom is 0.239 e. The van der Waals surface area contributed by atoms with Crippen molar-refractivity contribution in [2.45, 2.75) is 43.4 Å². The summed E-state index contributed by atoms with van der Waals surface area (Å²) in [6, 6.07) is 0.152. The highest BCUT2D eigenvalue weighted by atomic mass is 32.2. The maximum absolute atomic E-state index is 12.8. The molecule has 0 aromatic rings. The lowest BCUT2D eigenvalue weighted by Crippen LogP contribution is -2.54. The molecule has 2 saturated heterocycles. The Labute approximate surface area is 118 Å². The van der Waals surface area contributed by atoms with E-state index in [1.165, 1.54) is 0 Å². The number of hydrogen-bond acceptors (Lipinski definition) is 4. The van der Waals surface area contributed by atoms with Gasteiger partial charge in [-0.15, -0.1) is 11.8 Å². The van der Waals surface area contributed by atoms with Gasteiger partial charge in [0, 0.05) is 6.04 Å². The van der Waals surface area contributed by atoms with Gasteiger partial charge in [0.2, 0.25) is 11.8 Å². The highest BCUT2D eigenvalue weighted by Crippen LogP contribution is 2.39. The van der Waals surface area contributed by atoms with Gasteiger partial charge in [-0.2, -0.15) is 0 Å². The summed E-state index contributed by atoms with van der Waals surface area (Å²) in [4.78, 5) is 25.8. The quantitative estimate of drug-likeness (QED) is 0.781. The van der Waals surface area contributed by atoms with Crippen LogP contribution in [0, 0.1) is 0 Å². The summed E-state index contributed by atoms with van der Waals surface area (Å²) in [7, 11) is 0. The van der Waals surface area contributed by atoms with Gasteiger partial charge in [-0.25, -0.2) is 0 Å². The number of hydrogen-bond donors (Lipinski definition) is 2. The van der Waals surface area contributed by atoms with Crippen molar-refractivity contribution in [3.8, 4) is 0 Å². The van der Waals surface area contributed by atoms with E-state index in [4.69, 9.17) is 5.73 Å². The third-order valence-electron chi connectivity index (χ3n) is 4.01. The zero-order valence-corrected chi connectivity index (χ0v) is 12.3. The highest BCUT2D eigenvalue weighted by molar-refractivity contribution is 8.01. The van der Waals surface area contributed by atoms with Gasteiger partial charge in [0.1, 0.15) is 0 Å². The molecule has 6 heteroatoms. The summed E-state index contributed by atoms with van der Waals surface area (Å²) < 4.78 is -0.361. The monoisotopic (exact) mass is 285 g/mol. The molecule has 2 aliphatic heterocycles. The maximum atomic E-state index is 12.8. The summed E-state index contributed by atoms with van der Waals surface area (Å²) in [6.07, 6.45) is 3.78. The number of piperidine rings is 1. The van der Waals surface area contributed by atoms with Gasteiger partial charge >= 0.3 is 0 Å². The lowest BCUT2D eigenvalue weighted by Gasteiger charge is -2.38. The average molecular weight is 285 g/mol. The molecule has 0 aromatic carbocycles. The topological polar surface area (TPSA) is 75.4 Å². The lowest BCUT2D eigenvalue weighted by molar-refractivity contribution is -0.140. The molecular weight excluding hydrogens is 262 g/mol. The van der Waals surface area contributed by atoms with Crippen LogP contribution in [-0.2, 0) is 9.59 Å². The molecule has 0 aliphatic carbocycles. The van der Waals surface area contributed by atoms with Crippen molar-refractivity contribution in [1.29, 1.82) is 0 Å². The van der Waals surface area contributed by atoms with E-state index in [9.17, 15) is 9.59 Å². The van der Waals surface area contributed by atoms with E-state index in [-0.39, 0.29) is 23.2 Å². The fourth-order valence-electron chi connectivity index (χ4n) is 2.90. The van der Waals surface area contributed by atoms with Gasteiger partial charge in [-0.05, 0) is 51.4 Å². The summed E-state index contributed by atoms with van der Waals surface area (Å²) >= 11 is 1.71. The van der Waals surface area contributed by atoms with Gasteiger partial charge in [-0.1, -0.05) is 0 Å². The van der Waals surface area contributed by atoms with Crippen molar-refractivity contribution in [1.82, 2.24) is 10.2 Å². The number of carbonyl (C=O) groups is 2. The zero-order valence-electron chi connectivity index (χ0n) is 11.5. The number of carbonyl (C=O) groups excluding carboxylic acids is 2. The molecule has 1 unspecified atom stereocenters. The fourth-order valence-corrected chi connectivity index (χ4v) is 4.17. The van der Waals surface area contributed by atoms with Crippen molar-refractivity contribution in [3.63, 3.8) is 0 Å². The zero-order chi connectivity index (χ0) is 13.9. The van der Waals surface area contributed by atoms with Gasteiger partial charge in [0.05, 0.1) is 11.3 Å². The molecule has 2 fully saturated rings. The van der Waals surface area contributed by atoms with Crippen molar-refractivity contribution < 1.29 is 9.59 Å². The SMILES string of the molecule is CC1(C(=O)N(CC(N)=O)C2CCNCC2)CCCS1. The van der Waals surface area contributed by atoms with Gasteiger partial charge < -0.3 is 16.0 Å². The Balaban J connectivity index is 2.11. The molecular formula is C13H23N3O2S. The summed E-state index contributed by atoms with van der Waals surface area (Å²) in [5, 5.41) is 3.28. The number of primary amides is 1. The third kappa shape index (κ3) is 3.42. The number of thioether (sulfide) groups is 1. The predicted octanol–water partition coefficient (Wildman–Crippen LogP) is 0.338. The lowest BCUT2D eigenvalue weighted by atomic mass is 9.99. The van der Waals surface area contributed by atoms with E-state index < -0.39 is 5.91 Å². The van der Waals surface area contributed by atoms with E-state index in [1.54, 1.807) is 16.7 Å². The van der Waals surface area contributed by atoms with Gasteiger partial charge in [-0.3, -0.25) is 9.59 Å². The first-order valence-electron chi connectivity index (χ1n) is 6.97. The Morgan fingerprint density at radius 2 is 2.11 bits per heavy atom. The van der Waals surface area contributed by atoms with E-state index >= 15 is 0 Å². The van der Waals surface area contributed by atoms with Crippen LogP contribution in [-0.4, -0.2) is 52.9 Å². The molecule has 2 aliphatic rings. The smallest absolute Gasteiger partial charge is 0.239 e. The second-order valence-electron chi connectivity index (χ2n) is 5.56. The molecule has 0 saturated carbocycles. The Kier molecular flexibility index (Phi) is 4.73. The van der Waals surface area contributed by atoms with Crippen molar-refractivity contribution in [2.75, 3.05) is 25.4 Å². The number of nitrogens with two attached hydrogens (primary N) is 1. The van der Waals surface area contributed by atoms with Crippen LogP contribution in [0.15, 0.2) is 0 Å². The van der Waals surface area contributed by atoms with Crippen LogP contribution >= 0.6 is 11.8 Å². The highest BCUT2D eigenvalue weighted by Gasteiger charge is 2.42. The standard InChI is InChI=1S/C13H23N3O2S/c1-13(5-2-8-19-13)12(18)16(9-11(14)17)10-3-6-15-7-4-10/h10,15H,2-9H2,1H3,(H2,14,17). The number of nitrogens with zero attached hydrogens (tertiary/aromatic N) is 1. The van der Waals surface area contributed by atoms with E-state index in [0.717, 1.165) is 44.5 Å². The van der Waals surface area contributed by atoms with Crippen LogP contribution in [0.5, 0.6) is 0 Å². The number of amides is 2. The van der Waals surface area contributed by atoms with Gasteiger partial charge in [0.25, 0.3) is 0 Å². The Morgan fingerprint density at radius 3 is 2.63 bits per heavy atom. The van der Waals surface area contributed by atoms with Crippen LogP contribution in [0.2, 0.25) is 0 Å². The Bertz CT molecular complexity index is 350. The molecule has 19 heavy (non-hydrogen) atoms. The van der Waals surface area contributed by atoms with Crippen molar-refractivity contribution in [2.24, 2.45) is 5.73 Å². The number of nitrogens with one attached hydrogen (secondary N) is 1. The van der Waals surface area contributed by atoms with E-state index in [2.05, 4.69) is 5.32 Å². The minimum atomic E-state index is -0.418. The minimum absolute atomic E-state index is 0.0552. The van der Waals surface area contributed by atoms with Crippen molar-refractivity contribution in [3.05, 3.63) is 0 Å². The molecule has 2 rings (SSSR count). The second-order valence-corrected chi connectivity index (χ2v) is 7.16. The molecule has 5 nitrogen and oxygen atoms in total. The summed E-state index contributed by atoms with van der Waals surface area (Å²) in [5.74, 6) is 0.706. The first-order chi connectivity index (χ1) is 9.03. The minimum Gasteiger partial charge on any atom is -0.368 e. The molecule has 1 atom stereocenters. The molecule has 0 bridgehead atoms. The summed E-state index contributed by atoms with van der Waals surface area (Å²) in [5.41, 5.74) is 5.32. The van der Waals surface area contributed by atoms with Crippen LogP contribution in [0.4, 0.5) is 0 Å². The molecule has 2 heterocycles. The molecule has 0 spiro atoms. The van der Waals surface area contributed by atoms with Crippen LogP contribution < -0.4 is 11.1 Å². The molecule has 108 valence electrons. The molecule has 3 N–H and O–H groups in total. The first-order valence-corrected chi connectivity index (χ1v) is 7.95.